The van der Waals surface area contributed by atoms with Gasteiger partial charge in [-0.3, -0.25) is 4.98 Å². The summed E-state index contributed by atoms with van der Waals surface area (Å²) in [5.74, 6) is 1.93. The second-order valence-electron chi connectivity index (χ2n) is 4.54. The van der Waals surface area contributed by atoms with E-state index in [1.165, 1.54) is 0 Å². The van der Waals surface area contributed by atoms with Crippen LogP contribution in [-0.2, 0) is 0 Å². The Labute approximate surface area is 118 Å². The van der Waals surface area contributed by atoms with Crippen LogP contribution in [0.3, 0.4) is 0 Å². The monoisotopic (exact) mass is 272 g/mol. The highest BCUT2D eigenvalue weighted by molar-refractivity contribution is 7.80. The van der Waals surface area contributed by atoms with Crippen molar-refractivity contribution in [1.29, 1.82) is 0 Å². The predicted molar refractivity (Wildman–Crippen MR) is 80.7 cm³/mol. The number of nitrogens with zero attached hydrogens (tertiary/aromatic N) is 1. The van der Waals surface area contributed by atoms with Crippen LogP contribution in [0.5, 0.6) is 11.5 Å². The van der Waals surface area contributed by atoms with E-state index in [0.717, 1.165) is 11.3 Å². The summed E-state index contributed by atoms with van der Waals surface area (Å²) in [6.45, 7) is 4.27. The van der Waals surface area contributed by atoms with E-state index >= 15 is 0 Å². The third-order valence-electron chi connectivity index (χ3n) is 2.75. The Hall–Kier alpha value is -1.94. The van der Waals surface area contributed by atoms with E-state index in [4.69, 9.17) is 22.7 Å². The minimum Gasteiger partial charge on any atom is -0.457 e. The molecule has 1 heterocycles. The van der Waals surface area contributed by atoms with Crippen LogP contribution in [0.4, 0.5) is 0 Å². The molecule has 0 unspecified atom stereocenters. The van der Waals surface area contributed by atoms with Crippen LogP contribution in [0.15, 0.2) is 42.6 Å². The molecule has 0 aliphatic carbocycles. The van der Waals surface area contributed by atoms with Gasteiger partial charge in [-0.1, -0.05) is 44.3 Å². The highest BCUT2D eigenvalue weighted by atomic mass is 32.1. The molecule has 0 bridgehead atoms. The molecule has 3 nitrogen and oxygen atoms in total. The van der Waals surface area contributed by atoms with Crippen LogP contribution in [0.2, 0.25) is 0 Å². The van der Waals surface area contributed by atoms with Crippen molar-refractivity contribution < 1.29 is 4.74 Å². The summed E-state index contributed by atoms with van der Waals surface area (Å²) in [6.07, 6.45) is 1.64. The van der Waals surface area contributed by atoms with Crippen LogP contribution in [-0.4, -0.2) is 9.97 Å². The van der Waals surface area contributed by atoms with Gasteiger partial charge in [0.25, 0.3) is 0 Å². The molecule has 4 heteroatoms. The number of hydrogen-bond acceptors (Lipinski definition) is 3. The molecule has 0 radical (unpaired) electrons. The van der Waals surface area contributed by atoms with E-state index in [-0.39, 0.29) is 4.99 Å². The summed E-state index contributed by atoms with van der Waals surface area (Å²) in [6, 6.07) is 11.5. The van der Waals surface area contributed by atoms with Crippen molar-refractivity contribution in [2.45, 2.75) is 19.8 Å². The Morgan fingerprint density at radius 3 is 2.68 bits per heavy atom. The van der Waals surface area contributed by atoms with Gasteiger partial charge in [0.15, 0.2) is 0 Å². The molecule has 2 aromatic rings. The second-order valence-corrected chi connectivity index (χ2v) is 4.98. The number of thiocarbonyl (C=S) groups is 1. The zero-order chi connectivity index (χ0) is 13.8. The smallest absolute Gasteiger partial charge is 0.131 e. The van der Waals surface area contributed by atoms with Crippen LogP contribution in [0, 0.1) is 0 Å². The summed E-state index contributed by atoms with van der Waals surface area (Å²) in [5.41, 5.74) is 7.30. The third kappa shape index (κ3) is 3.29. The fourth-order valence-corrected chi connectivity index (χ4v) is 1.90. The van der Waals surface area contributed by atoms with Crippen molar-refractivity contribution in [2.24, 2.45) is 5.73 Å². The first-order valence-electron chi connectivity index (χ1n) is 6.10. The lowest BCUT2D eigenvalue weighted by molar-refractivity contribution is 0.472. The lowest BCUT2D eigenvalue weighted by atomic mass is 10.0. The predicted octanol–water partition coefficient (Wildman–Crippen LogP) is 3.63. The summed E-state index contributed by atoms with van der Waals surface area (Å²) < 4.78 is 5.91. The van der Waals surface area contributed by atoms with Crippen molar-refractivity contribution in [3.05, 3.63) is 53.9 Å². The molecular weight excluding hydrogens is 256 g/mol. The van der Waals surface area contributed by atoms with E-state index < -0.39 is 0 Å². The average Bonchev–Trinajstić information content (AvgIpc) is 2.39. The molecular formula is C15H16N2OS. The van der Waals surface area contributed by atoms with Gasteiger partial charge in [0.1, 0.15) is 22.2 Å². The van der Waals surface area contributed by atoms with E-state index in [1.54, 1.807) is 18.3 Å². The molecule has 0 saturated heterocycles. The maximum atomic E-state index is 5.91. The Morgan fingerprint density at radius 2 is 2.00 bits per heavy atom. The van der Waals surface area contributed by atoms with Gasteiger partial charge in [-0.2, -0.15) is 0 Å². The third-order valence-corrected chi connectivity index (χ3v) is 2.96. The zero-order valence-corrected chi connectivity index (χ0v) is 11.8. The molecule has 0 spiro atoms. The quantitative estimate of drug-likeness (QED) is 0.863. The van der Waals surface area contributed by atoms with Crippen molar-refractivity contribution in [3.63, 3.8) is 0 Å². The van der Waals surface area contributed by atoms with Gasteiger partial charge < -0.3 is 10.5 Å². The summed E-state index contributed by atoms with van der Waals surface area (Å²) >= 11 is 4.91. The fourth-order valence-electron chi connectivity index (χ4n) is 1.79. The number of benzene rings is 1. The largest absolute Gasteiger partial charge is 0.457 e. The molecule has 19 heavy (non-hydrogen) atoms. The molecule has 0 atom stereocenters. The Balaban J connectivity index is 2.31. The van der Waals surface area contributed by atoms with Crippen LogP contribution in [0.1, 0.15) is 31.0 Å². The molecule has 1 aromatic carbocycles. The molecule has 2 rings (SSSR count). The molecule has 0 saturated carbocycles. The van der Waals surface area contributed by atoms with Crippen LogP contribution >= 0.6 is 12.2 Å². The number of ether oxygens (including phenoxy) is 1. The zero-order valence-electron chi connectivity index (χ0n) is 11.0. The van der Waals surface area contributed by atoms with Gasteiger partial charge in [0.2, 0.25) is 0 Å². The van der Waals surface area contributed by atoms with E-state index in [1.807, 2.05) is 18.2 Å². The molecule has 0 fully saturated rings. The lowest BCUT2D eigenvalue weighted by Gasteiger charge is -2.13. The Bertz CT molecular complexity index is 596. The number of pyridine rings is 1. The molecule has 0 aliphatic heterocycles. The Morgan fingerprint density at radius 1 is 1.26 bits per heavy atom. The van der Waals surface area contributed by atoms with E-state index in [0.29, 0.717) is 17.4 Å². The number of para-hydroxylation sites is 1. The van der Waals surface area contributed by atoms with Crippen molar-refractivity contribution in [1.82, 2.24) is 4.98 Å². The molecule has 1 aromatic heterocycles. The number of nitrogens with two attached hydrogens (primary N) is 1. The Kier molecular flexibility index (Phi) is 4.12. The average molecular weight is 272 g/mol. The van der Waals surface area contributed by atoms with Gasteiger partial charge in [0, 0.05) is 12.3 Å². The number of hydrogen-bond donors (Lipinski definition) is 1. The maximum absolute atomic E-state index is 5.91. The first-order valence-corrected chi connectivity index (χ1v) is 6.51. The van der Waals surface area contributed by atoms with E-state index in [9.17, 15) is 0 Å². The first-order chi connectivity index (χ1) is 9.08. The standard InChI is InChI=1S/C15H16N2OS/c1-10(2)12-5-3-4-6-14(12)18-11-7-8-17-13(9-11)15(16)19/h3-10H,1-2H3,(H2,16,19). The van der Waals surface area contributed by atoms with Gasteiger partial charge in [-0.15, -0.1) is 0 Å². The number of rotatable bonds is 4. The van der Waals surface area contributed by atoms with Gasteiger partial charge in [0.05, 0.1) is 0 Å². The van der Waals surface area contributed by atoms with Gasteiger partial charge >= 0.3 is 0 Å². The highest BCUT2D eigenvalue weighted by Crippen LogP contribution is 2.30. The summed E-state index contributed by atoms with van der Waals surface area (Å²) in [7, 11) is 0. The topological polar surface area (TPSA) is 48.1 Å². The maximum Gasteiger partial charge on any atom is 0.131 e. The lowest BCUT2D eigenvalue weighted by Crippen LogP contribution is -2.11. The van der Waals surface area contributed by atoms with Gasteiger partial charge in [-0.05, 0) is 23.6 Å². The molecule has 2 N–H and O–H groups in total. The van der Waals surface area contributed by atoms with Gasteiger partial charge in [-0.25, -0.2) is 0 Å². The number of aromatic nitrogens is 1. The molecule has 98 valence electrons. The fraction of sp³-hybridized carbons (Fsp3) is 0.200. The van der Waals surface area contributed by atoms with Crippen molar-refractivity contribution in [3.8, 4) is 11.5 Å². The second kappa shape index (κ2) is 5.80. The highest BCUT2D eigenvalue weighted by Gasteiger charge is 2.08. The molecule has 0 amide bonds. The summed E-state index contributed by atoms with van der Waals surface area (Å²) in [4.78, 5) is 4.36. The first kappa shape index (κ1) is 13.5. The van der Waals surface area contributed by atoms with Crippen molar-refractivity contribution in [2.75, 3.05) is 0 Å². The minimum atomic E-state index is 0.266. The molecule has 0 aliphatic rings. The van der Waals surface area contributed by atoms with Crippen LogP contribution < -0.4 is 10.5 Å². The minimum absolute atomic E-state index is 0.266. The normalized spacial score (nSPS) is 10.5. The van der Waals surface area contributed by atoms with E-state index in [2.05, 4.69) is 24.9 Å². The summed E-state index contributed by atoms with van der Waals surface area (Å²) in [5, 5.41) is 0. The van der Waals surface area contributed by atoms with Crippen molar-refractivity contribution >= 4 is 17.2 Å². The van der Waals surface area contributed by atoms with Crippen LogP contribution in [0.25, 0.3) is 0 Å². The SMILES string of the molecule is CC(C)c1ccccc1Oc1ccnc(C(N)=S)c1.